The predicted molar refractivity (Wildman–Crippen MR) is 86.7 cm³/mol. The summed E-state index contributed by atoms with van der Waals surface area (Å²) in [7, 11) is 0. The Kier molecular flexibility index (Phi) is 6.20. The summed E-state index contributed by atoms with van der Waals surface area (Å²) in [6.45, 7) is 0.637. The molecule has 1 saturated carbocycles. The fraction of sp³-hybridized carbons (Fsp3) is 0.600. The zero-order chi connectivity index (χ0) is 13.7. The Morgan fingerprint density at radius 1 is 1.42 bits per heavy atom. The summed E-state index contributed by atoms with van der Waals surface area (Å²) in [5.74, 6) is 0. The maximum atomic E-state index is 10.2. The first-order valence-electron chi connectivity index (χ1n) is 6.90. The van der Waals surface area contributed by atoms with Gasteiger partial charge in [0.1, 0.15) is 0 Å². The standard InChI is InChI=1S/C15H22BrNOS/c1-19-15-8-3-2-7-13(15)17-10-14(18)11-5-4-6-12(16)9-11/h4-6,9,13-15,17-18H,2-3,7-8,10H2,1H3. The van der Waals surface area contributed by atoms with E-state index in [1.54, 1.807) is 0 Å². The van der Waals surface area contributed by atoms with Gasteiger partial charge in [-0.3, -0.25) is 0 Å². The summed E-state index contributed by atoms with van der Waals surface area (Å²) < 4.78 is 1.02. The number of benzene rings is 1. The monoisotopic (exact) mass is 343 g/mol. The van der Waals surface area contributed by atoms with Crippen LogP contribution in [0.4, 0.5) is 0 Å². The molecule has 0 aromatic heterocycles. The molecule has 3 atom stereocenters. The van der Waals surface area contributed by atoms with E-state index in [0.717, 1.165) is 10.0 Å². The van der Waals surface area contributed by atoms with E-state index in [0.29, 0.717) is 17.8 Å². The molecule has 2 nitrogen and oxygen atoms in total. The van der Waals surface area contributed by atoms with Gasteiger partial charge in [0.05, 0.1) is 6.10 Å². The molecule has 0 saturated heterocycles. The van der Waals surface area contributed by atoms with Crippen LogP contribution < -0.4 is 5.32 Å². The van der Waals surface area contributed by atoms with Crippen molar-refractivity contribution in [2.45, 2.75) is 43.1 Å². The summed E-state index contributed by atoms with van der Waals surface area (Å²) >= 11 is 5.40. The number of hydrogen-bond donors (Lipinski definition) is 2. The van der Waals surface area contributed by atoms with Crippen LogP contribution in [0.3, 0.4) is 0 Å². The summed E-state index contributed by atoms with van der Waals surface area (Å²) in [4.78, 5) is 0. The molecule has 0 bridgehead atoms. The van der Waals surface area contributed by atoms with Crippen LogP contribution in [-0.4, -0.2) is 29.2 Å². The van der Waals surface area contributed by atoms with Crippen LogP contribution >= 0.6 is 27.7 Å². The first-order chi connectivity index (χ1) is 9.20. The van der Waals surface area contributed by atoms with E-state index in [2.05, 4.69) is 27.5 Å². The number of nitrogens with one attached hydrogen (secondary N) is 1. The average molecular weight is 344 g/mol. The number of aliphatic hydroxyl groups excluding tert-OH is 1. The molecule has 2 rings (SSSR count). The van der Waals surface area contributed by atoms with Gasteiger partial charge in [-0.15, -0.1) is 0 Å². The van der Waals surface area contributed by atoms with Crippen LogP contribution in [0.2, 0.25) is 0 Å². The quantitative estimate of drug-likeness (QED) is 0.853. The van der Waals surface area contributed by atoms with Gasteiger partial charge in [-0.25, -0.2) is 0 Å². The minimum Gasteiger partial charge on any atom is -0.387 e. The van der Waals surface area contributed by atoms with Crippen molar-refractivity contribution < 1.29 is 5.11 Å². The van der Waals surface area contributed by atoms with Crippen LogP contribution in [0, 0.1) is 0 Å². The molecule has 1 fully saturated rings. The topological polar surface area (TPSA) is 32.3 Å². The predicted octanol–water partition coefficient (Wildman–Crippen LogP) is 3.75. The van der Waals surface area contributed by atoms with Crippen LogP contribution in [0.1, 0.15) is 37.4 Å². The van der Waals surface area contributed by atoms with E-state index in [1.165, 1.54) is 25.7 Å². The van der Waals surface area contributed by atoms with E-state index in [9.17, 15) is 5.11 Å². The van der Waals surface area contributed by atoms with E-state index in [4.69, 9.17) is 0 Å². The van der Waals surface area contributed by atoms with Gasteiger partial charge < -0.3 is 10.4 Å². The molecular formula is C15H22BrNOS. The van der Waals surface area contributed by atoms with Crippen molar-refractivity contribution in [1.29, 1.82) is 0 Å². The molecular weight excluding hydrogens is 322 g/mol. The third-order valence-electron chi connectivity index (χ3n) is 3.81. The van der Waals surface area contributed by atoms with Gasteiger partial charge in [-0.1, -0.05) is 40.9 Å². The molecule has 19 heavy (non-hydrogen) atoms. The molecule has 1 aromatic rings. The van der Waals surface area contributed by atoms with Crippen molar-refractivity contribution in [3.8, 4) is 0 Å². The van der Waals surface area contributed by atoms with Crippen LogP contribution in [0.5, 0.6) is 0 Å². The first-order valence-corrected chi connectivity index (χ1v) is 8.98. The minimum atomic E-state index is -0.429. The van der Waals surface area contributed by atoms with Crippen molar-refractivity contribution in [1.82, 2.24) is 5.32 Å². The van der Waals surface area contributed by atoms with E-state index < -0.39 is 6.10 Å². The Bertz CT molecular complexity index is 401. The summed E-state index contributed by atoms with van der Waals surface area (Å²) in [5.41, 5.74) is 0.971. The number of aliphatic hydroxyl groups is 1. The van der Waals surface area contributed by atoms with Crippen LogP contribution in [0.25, 0.3) is 0 Å². The molecule has 1 aliphatic carbocycles. The van der Waals surface area contributed by atoms with Crippen molar-refractivity contribution in [2.24, 2.45) is 0 Å². The zero-order valence-electron chi connectivity index (χ0n) is 11.3. The third kappa shape index (κ3) is 4.48. The molecule has 0 spiro atoms. The third-order valence-corrected chi connectivity index (χ3v) is 5.48. The smallest absolute Gasteiger partial charge is 0.0914 e. The largest absolute Gasteiger partial charge is 0.387 e. The lowest BCUT2D eigenvalue weighted by atomic mass is 9.94. The van der Waals surface area contributed by atoms with E-state index in [1.807, 2.05) is 36.0 Å². The molecule has 0 amide bonds. The summed E-state index contributed by atoms with van der Waals surface area (Å²) in [6, 6.07) is 8.46. The van der Waals surface area contributed by atoms with Gasteiger partial charge in [-0.2, -0.15) is 11.8 Å². The fourth-order valence-electron chi connectivity index (χ4n) is 2.71. The van der Waals surface area contributed by atoms with Crippen molar-refractivity contribution in [2.75, 3.05) is 12.8 Å². The molecule has 2 N–H and O–H groups in total. The lowest BCUT2D eigenvalue weighted by Crippen LogP contribution is -2.42. The molecule has 106 valence electrons. The van der Waals surface area contributed by atoms with Crippen molar-refractivity contribution in [3.63, 3.8) is 0 Å². The number of thioether (sulfide) groups is 1. The first kappa shape index (κ1) is 15.4. The van der Waals surface area contributed by atoms with Gasteiger partial charge in [0.15, 0.2) is 0 Å². The highest BCUT2D eigenvalue weighted by molar-refractivity contribution is 9.10. The Morgan fingerprint density at radius 3 is 2.95 bits per heavy atom. The Hall–Kier alpha value is -0.0300. The van der Waals surface area contributed by atoms with Gasteiger partial charge in [0.2, 0.25) is 0 Å². The molecule has 3 unspecified atom stereocenters. The number of hydrogen-bond acceptors (Lipinski definition) is 3. The van der Waals surface area contributed by atoms with Crippen LogP contribution in [-0.2, 0) is 0 Å². The second-order valence-corrected chi connectivity index (χ2v) is 7.14. The number of rotatable bonds is 5. The average Bonchev–Trinajstić information content (AvgIpc) is 2.45. The Morgan fingerprint density at radius 2 is 2.21 bits per heavy atom. The maximum Gasteiger partial charge on any atom is 0.0914 e. The highest BCUT2D eigenvalue weighted by atomic mass is 79.9. The van der Waals surface area contributed by atoms with Gasteiger partial charge in [0.25, 0.3) is 0 Å². The highest BCUT2D eigenvalue weighted by Crippen LogP contribution is 2.27. The van der Waals surface area contributed by atoms with Gasteiger partial charge in [-0.05, 0) is 36.8 Å². The molecule has 0 heterocycles. The fourth-order valence-corrected chi connectivity index (χ4v) is 4.09. The minimum absolute atomic E-state index is 0.429. The maximum absolute atomic E-state index is 10.2. The summed E-state index contributed by atoms with van der Waals surface area (Å²) in [6.07, 6.45) is 6.94. The summed E-state index contributed by atoms with van der Waals surface area (Å²) in [5, 5.41) is 14.5. The second kappa shape index (κ2) is 7.67. The van der Waals surface area contributed by atoms with Gasteiger partial charge >= 0.3 is 0 Å². The zero-order valence-corrected chi connectivity index (χ0v) is 13.7. The lowest BCUT2D eigenvalue weighted by molar-refractivity contribution is 0.166. The normalized spacial score (nSPS) is 25.2. The van der Waals surface area contributed by atoms with Crippen molar-refractivity contribution in [3.05, 3.63) is 34.3 Å². The highest BCUT2D eigenvalue weighted by Gasteiger charge is 2.24. The Labute approximate surface area is 128 Å². The lowest BCUT2D eigenvalue weighted by Gasteiger charge is -2.31. The van der Waals surface area contributed by atoms with E-state index in [-0.39, 0.29) is 0 Å². The molecule has 4 heteroatoms. The molecule has 0 radical (unpaired) electrons. The van der Waals surface area contributed by atoms with Crippen LogP contribution in [0.15, 0.2) is 28.7 Å². The molecule has 0 aliphatic heterocycles. The van der Waals surface area contributed by atoms with Crippen molar-refractivity contribution >= 4 is 27.7 Å². The number of halogens is 1. The Balaban J connectivity index is 1.87. The van der Waals surface area contributed by atoms with E-state index >= 15 is 0 Å². The SMILES string of the molecule is CSC1CCCCC1NCC(O)c1cccc(Br)c1. The molecule has 1 aliphatic rings. The molecule has 1 aromatic carbocycles. The second-order valence-electron chi connectivity index (χ2n) is 5.14. The van der Waals surface area contributed by atoms with Gasteiger partial charge in [0, 0.05) is 22.3 Å².